The summed E-state index contributed by atoms with van der Waals surface area (Å²) >= 11 is 1.82. The van der Waals surface area contributed by atoms with Crippen molar-refractivity contribution < 1.29 is 9.90 Å². The fraction of sp³-hybridized carbons (Fsp3) is 0.588. The van der Waals surface area contributed by atoms with Crippen LogP contribution in [0, 0.1) is 5.92 Å². The van der Waals surface area contributed by atoms with Crippen molar-refractivity contribution in [2.75, 3.05) is 30.3 Å². The monoisotopic (exact) mass is 320 g/mol. The van der Waals surface area contributed by atoms with Crippen molar-refractivity contribution >= 4 is 23.4 Å². The maximum Gasteiger partial charge on any atom is 0.244 e. The van der Waals surface area contributed by atoms with E-state index >= 15 is 0 Å². The van der Waals surface area contributed by atoms with Crippen molar-refractivity contribution in [1.29, 1.82) is 0 Å². The lowest BCUT2D eigenvalue weighted by molar-refractivity contribution is -0.123. The molecule has 4 nitrogen and oxygen atoms in total. The first kappa shape index (κ1) is 15.8. The Morgan fingerprint density at radius 1 is 1.32 bits per heavy atom. The predicted octanol–water partition coefficient (Wildman–Crippen LogP) is 2.22. The summed E-state index contributed by atoms with van der Waals surface area (Å²) in [4.78, 5) is 18.3. The number of rotatable bonds is 3. The van der Waals surface area contributed by atoms with E-state index < -0.39 is 0 Å². The highest BCUT2D eigenvalue weighted by atomic mass is 32.2. The summed E-state index contributed by atoms with van der Waals surface area (Å²) in [5.74, 6) is 1.42. The second-order valence-electron chi connectivity index (χ2n) is 6.27. The fourth-order valence-electron chi connectivity index (χ4n) is 3.34. The molecule has 0 spiro atoms. The van der Waals surface area contributed by atoms with E-state index in [0.29, 0.717) is 5.92 Å². The molecule has 2 aliphatic heterocycles. The van der Waals surface area contributed by atoms with E-state index in [1.165, 1.54) is 4.90 Å². The number of para-hydroxylation sites is 1. The lowest BCUT2D eigenvalue weighted by Crippen LogP contribution is -2.48. The Hall–Kier alpha value is -1.04. The van der Waals surface area contributed by atoms with Crippen LogP contribution in [0.15, 0.2) is 29.2 Å². The lowest BCUT2D eigenvalue weighted by Gasteiger charge is -2.34. The molecule has 1 saturated heterocycles. The SMILES string of the molecule is CC(O)C1CCN(C(C)C(=O)N2CCSc3ccccc32)C1. The fourth-order valence-corrected chi connectivity index (χ4v) is 4.34. The van der Waals surface area contributed by atoms with Crippen LogP contribution in [0.3, 0.4) is 0 Å². The van der Waals surface area contributed by atoms with Crippen LogP contribution in [-0.4, -0.2) is 53.4 Å². The first-order chi connectivity index (χ1) is 10.6. The highest BCUT2D eigenvalue weighted by Gasteiger charge is 2.34. The van der Waals surface area contributed by atoms with Gasteiger partial charge in [0.05, 0.1) is 17.8 Å². The smallest absolute Gasteiger partial charge is 0.244 e. The van der Waals surface area contributed by atoms with Crippen LogP contribution >= 0.6 is 11.8 Å². The van der Waals surface area contributed by atoms with Gasteiger partial charge in [-0.2, -0.15) is 0 Å². The quantitative estimate of drug-likeness (QED) is 0.927. The molecule has 2 aliphatic rings. The van der Waals surface area contributed by atoms with Gasteiger partial charge in [0.1, 0.15) is 0 Å². The highest BCUT2D eigenvalue weighted by molar-refractivity contribution is 7.99. The number of anilines is 1. The van der Waals surface area contributed by atoms with Crippen molar-refractivity contribution in [1.82, 2.24) is 4.90 Å². The molecule has 0 saturated carbocycles. The lowest BCUT2D eigenvalue weighted by atomic mass is 10.0. The minimum atomic E-state index is -0.292. The van der Waals surface area contributed by atoms with E-state index in [4.69, 9.17) is 0 Å². The van der Waals surface area contributed by atoms with Crippen molar-refractivity contribution in [3.8, 4) is 0 Å². The van der Waals surface area contributed by atoms with Gasteiger partial charge in [0.15, 0.2) is 0 Å². The average molecular weight is 320 g/mol. The van der Waals surface area contributed by atoms with Gasteiger partial charge in [-0.1, -0.05) is 12.1 Å². The van der Waals surface area contributed by atoms with Gasteiger partial charge in [0.25, 0.3) is 0 Å². The zero-order chi connectivity index (χ0) is 15.7. The average Bonchev–Trinajstić information content (AvgIpc) is 3.03. The highest BCUT2D eigenvalue weighted by Crippen LogP contribution is 2.35. The van der Waals surface area contributed by atoms with Crippen LogP contribution in [0.25, 0.3) is 0 Å². The van der Waals surface area contributed by atoms with Gasteiger partial charge < -0.3 is 10.0 Å². The molecule has 1 amide bonds. The van der Waals surface area contributed by atoms with Gasteiger partial charge in [-0.25, -0.2) is 0 Å². The Morgan fingerprint density at radius 3 is 2.82 bits per heavy atom. The molecule has 1 fully saturated rings. The molecule has 3 rings (SSSR count). The van der Waals surface area contributed by atoms with E-state index in [2.05, 4.69) is 11.0 Å². The number of likely N-dealkylation sites (tertiary alicyclic amines) is 1. The topological polar surface area (TPSA) is 43.8 Å². The maximum absolute atomic E-state index is 12.9. The van der Waals surface area contributed by atoms with Crippen molar-refractivity contribution in [3.05, 3.63) is 24.3 Å². The molecule has 22 heavy (non-hydrogen) atoms. The number of aliphatic hydroxyl groups excluding tert-OH is 1. The van der Waals surface area contributed by atoms with Crippen molar-refractivity contribution in [3.63, 3.8) is 0 Å². The first-order valence-corrected chi connectivity index (χ1v) is 9.02. The number of hydrogen-bond acceptors (Lipinski definition) is 4. The Morgan fingerprint density at radius 2 is 2.09 bits per heavy atom. The van der Waals surface area contributed by atoms with Crippen LogP contribution in [0.1, 0.15) is 20.3 Å². The molecule has 120 valence electrons. The van der Waals surface area contributed by atoms with E-state index in [9.17, 15) is 9.90 Å². The summed E-state index contributed by atoms with van der Waals surface area (Å²) in [5.41, 5.74) is 1.04. The molecule has 0 aromatic heterocycles. The van der Waals surface area contributed by atoms with E-state index in [-0.39, 0.29) is 18.1 Å². The van der Waals surface area contributed by atoms with E-state index in [1.807, 2.05) is 48.7 Å². The molecule has 1 aromatic carbocycles. The van der Waals surface area contributed by atoms with E-state index in [0.717, 1.165) is 37.5 Å². The summed E-state index contributed by atoms with van der Waals surface area (Å²) in [6.07, 6.45) is 0.682. The van der Waals surface area contributed by atoms with E-state index in [1.54, 1.807) is 0 Å². The molecule has 0 aliphatic carbocycles. The van der Waals surface area contributed by atoms with Crippen molar-refractivity contribution in [2.24, 2.45) is 5.92 Å². The maximum atomic E-state index is 12.9. The Bertz CT molecular complexity index is 549. The molecule has 1 aromatic rings. The van der Waals surface area contributed by atoms with Crippen LogP contribution < -0.4 is 4.90 Å². The predicted molar refractivity (Wildman–Crippen MR) is 90.3 cm³/mol. The number of fused-ring (bicyclic) bond motifs is 1. The normalized spacial score (nSPS) is 24.9. The second kappa shape index (κ2) is 6.60. The number of aliphatic hydroxyl groups is 1. The largest absolute Gasteiger partial charge is 0.393 e. The summed E-state index contributed by atoms with van der Waals surface area (Å²) in [7, 11) is 0. The molecule has 3 atom stereocenters. The Balaban J connectivity index is 1.72. The summed E-state index contributed by atoms with van der Waals surface area (Å²) in [6, 6.07) is 8.02. The van der Waals surface area contributed by atoms with Gasteiger partial charge >= 0.3 is 0 Å². The molecule has 1 N–H and O–H groups in total. The Kier molecular flexibility index (Phi) is 4.76. The number of carbonyl (C=O) groups excluding carboxylic acids is 1. The summed E-state index contributed by atoms with van der Waals surface area (Å²) in [6.45, 7) is 6.33. The van der Waals surface area contributed by atoms with Gasteiger partial charge in [0.2, 0.25) is 5.91 Å². The molecular formula is C17H24N2O2S. The third kappa shape index (κ3) is 3.03. The number of amides is 1. The van der Waals surface area contributed by atoms with Gasteiger partial charge in [0, 0.05) is 23.7 Å². The van der Waals surface area contributed by atoms with Crippen LogP contribution in [0.2, 0.25) is 0 Å². The minimum absolute atomic E-state index is 0.125. The third-order valence-corrected chi connectivity index (χ3v) is 5.88. The number of thioether (sulfide) groups is 1. The number of carbonyl (C=O) groups is 1. The molecule has 0 bridgehead atoms. The minimum Gasteiger partial charge on any atom is -0.393 e. The molecule has 3 unspecified atom stereocenters. The zero-order valence-electron chi connectivity index (χ0n) is 13.2. The molecule has 0 radical (unpaired) electrons. The standard InChI is InChI=1S/C17H24N2O2S/c1-12(18-8-7-14(11-18)13(2)20)17(21)19-9-10-22-16-6-4-3-5-15(16)19/h3-6,12-14,20H,7-11H2,1-2H3. The van der Waals surface area contributed by atoms with Crippen LogP contribution in [0.4, 0.5) is 5.69 Å². The number of nitrogens with zero attached hydrogens (tertiary/aromatic N) is 2. The van der Waals surface area contributed by atoms with Gasteiger partial charge in [-0.15, -0.1) is 11.8 Å². The second-order valence-corrected chi connectivity index (χ2v) is 7.40. The van der Waals surface area contributed by atoms with Crippen molar-refractivity contribution in [2.45, 2.75) is 37.3 Å². The third-order valence-electron chi connectivity index (χ3n) is 4.84. The summed E-state index contributed by atoms with van der Waals surface area (Å²) < 4.78 is 0. The van der Waals surface area contributed by atoms with Crippen LogP contribution in [-0.2, 0) is 4.79 Å². The zero-order valence-corrected chi connectivity index (χ0v) is 14.1. The number of benzene rings is 1. The van der Waals surface area contributed by atoms with Gasteiger partial charge in [-0.3, -0.25) is 9.69 Å². The first-order valence-electron chi connectivity index (χ1n) is 8.03. The molecule has 5 heteroatoms. The van der Waals surface area contributed by atoms with Gasteiger partial charge in [-0.05, 0) is 44.9 Å². The molecular weight excluding hydrogens is 296 g/mol. The molecule has 2 heterocycles. The summed E-state index contributed by atoms with van der Waals surface area (Å²) in [5, 5.41) is 9.74. The van der Waals surface area contributed by atoms with Crippen LogP contribution in [0.5, 0.6) is 0 Å². The number of hydrogen-bond donors (Lipinski definition) is 1. The Labute approximate surface area is 136 Å².